The van der Waals surface area contributed by atoms with Crippen molar-refractivity contribution in [3.8, 4) is 0 Å². The highest BCUT2D eigenvalue weighted by molar-refractivity contribution is 9.08. The maximum absolute atomic E-state index is 13.8. The van der Waals surface area contributed by atoms with Crippen LogP contribution in [0.5, 0.6) is 0 Å². The van der Waals surface area contributed by atoms with Gasteiger partial charge in [-0.1, -0.05) is 15.9 Å². The Hall–Kier alpha value is -1.30. The van der Waals surface area contributed by atoms with Crippen molar-refractivity contribution in [1.29, 1.82) is 0 Å². The van der Waals surface area contributed by atoms with Gasteiger partial charge in [0.25, 0.3) is 5.56 Å². The zero-order valence-corrected chi connectivity index (χ0v) is 9.86. The molecule has 0 saturated heterocycles. The van der Waals surface area contributed by atoms with Crippen LogP contribution in [0.2, 0.25) is 0 Å². The molecule has 0 saturated carbocycles. The van der Waals surface area contributed by atoms with Crippen molar-refractivity contribution in [2.24, 2.45) is 0 Å². The third kappa shape index (κ3) is 1.63. The maximum atomic E-state index is 13.8. The van der Waals surface area contributed by atoms with Crippen LogP contribution in [0.25, 0.3) is 11.0 Å². The second-order valence-corrected chi connectivity index (χ2v) is 3.90. The standard InChI is InChI=1S/C10H7BrF2N2O/c1-4-10(16)15-8-6(12)2-5(3-11)7(13)9(8)14-4/h2H,3H2,1H3,(H,15,16). The molecular formula is C10H7BrF2N2O. The summed E-state index contributed by atoms with van der Waals surface area (Å²) in [7, 11) is 0. The van der Waals surface area contributed by atoms with Gasteiger partial charge in [-0.25, -0.2) is 13.8 Å². The smallest absolute Gasteiger partial charge is 0.269 e. The Balaban J connectivity index is 2.96. The Kier molecular flexibility index (Phi) is 2.75. The van der Waals surface area contributed by atoms with E-state index < -0.39 is 17.2 Å². The first-order valence-corrected chi connectivity index (χ1v) is 5.60. The Morgan fingerprint density at radius 2 is 2.19 bits per heavy atom. The van der Waals surface area contributed by atoms with Crippen molar-refractivity contribution < 1.29 is 8.78 Å². The number of hydrogen-bond donors (Lipinski definition) is 1. The number of nitrogens with zero attached hydrogens (tertiary/aromatic N) is 1. The number of aromatic amines is 1. The van der Waals surface area contributed by atoms with Crippen LogP contribution < -0.4 is 5.56 Å². The topological polar surface area (TPSA) is 45.8 Å². The molecular weight excluding hydrogens is 282 g/mol. The van der Waals surface area contributed by atoms with Crippen LogP contribution in [0.3, 0.4) is 0 Å². The molecule has 2 aromatic rings. The third-order valence-electron chi connectivity index (χ3n) is 2.26. The van der Waals surface area contributed by atoms with E-state index in [4.69, 9.17) is 0 Å². The summed E-state index contributed by atoms with van der Waals surface area (Å²) in [6.07, 6.45) is 0. The monoisotopic (exact) mass is 288 g/mol. The minimum absolute atomic E-state index is 0.109. The summed E-state index contributed by atoms with van der Waals surface area (Å²) in [5.74, 6) is -1.30. The minimum atomic E-state index is -0.685. The van der Waals surface area contributed by atoms with Crippen LogP contribution in [-0.4, -0.2) is 9.97 Å². The molecule has 0 unspecified atom stereocenters. The van der Waals surface area contributed by atoms with Crippen molar-refractivity contribution in [3.05, 3.63) is 39.3 Å². The number of alkyl halides is 1. The fourth-order valence-corrected chi connectivity index (χ4v) is 1.82. The van der Waals surface area contributed by atoms with E-state index in [0.717, 1.165) is 6.07 Å². The summed E-state index contributed by atoms with van der Waals surface area (Å²) in [6.45, 7) is 1.44. The number of rotatable bonds is 1. The van der Waals surface area contributed by atoms with Gasteiger partial charge >= 0.3 is 0 Å². The fourth-order valence-electron chi connectivity index (χ4n) is 1.41. The molecule has 1 aromatic heterocycles. The van der Waals surface area contributed by atoms with Gasteiger partial charge in [-0.05, 0) is 13.0 Å². The summed E-state index contributed by atoms with van der Waals surface area (Å²) >= 11 is 3.05. The molecule has 0 fully saturated rings. The molecule has 0 radical (unpaired) electrons. The lowest BCUT2D eigenvalue weighted by atomic mass is 10.2. The summed E-state index contributed by atoms with van der Waals surface area (Å²) in [5, 5.41) is 0.186. The lowest BCUT2D eigenvalue weighted by molar-refractivity contribution is 0.603. The lowest BCUT2D eigenvalue weighted by Crippen LogP contribution is -2.13. The van der Waals surface area contributed by atoms with Crippen molar-refractivity contribution in [2.45, 2.75) is 12.3 Å². The van der Waals surface area contributed by atoms with E-state index in [2.05, 4.69) is 25.9 Å². The number of fused-ring (bicyclic) bond motifs is 1. The molecule has 6 heteroatoms. The Morgan fingerprint density at radius 1 is 1.50 bits per heavy atom. The Bertz CT molecular complexity index is 624. The molecule has 1 N–H and O–H groups in total. The van der Waals surface area contributed by atoms with Crippen molar-refractivity contribution >= 4 is 27.0 Å². The predicted octanol–water partition coefficient (Wildman–Crippen LogP) is 2.40. The van der Waals surface area contributed by atoms with Gasteiger partial charge in [0.2, 0.25) is 0 Å². The first-order valence-electron chi connectivity index (χ1n) is 4.48. The molecule has 1 aromatic carbocycles. The first-order chi connectivity index (χ1) is 7.54. The van der Waals surface area contributed by atoms with E-state index >= 15 is 0 Å². The molecule has 0 bridgehead atoms. The van der Waals surface area contributed by atoms with Crippen LogP contribution in [0.15, 0.2) is 10.9 Å². The molecule has 0 aliphatic carbocycles. The number of H-pyrrole nitrogens is 1. The molecule has 84 valence electrons. The van der Waals surface area contributed by atoms with Gasteiger partial charge in [-0.3, -0.25) is 4.79 Å². The van der Waals surface area contributed by atoms with Crippen LogP contribution in [-0.2, 0) is 5.33 Å². The maximum Gasteiger partial charge on any atom is 0.269 e. The van der Waals surface area contributed by atoms with E-state index in [9.17, 15) is 13.6 Å². The Labute approximate surface area is 97.6 Å². The van der Waals surface area contributed by atoms with Gasteiger partial charge in [-0.15, -0.1) is 0 Å². The molecule has 0 aliphatic rings. The van der Waals surface area contributed by atoms with E-state index in [1.165, 1.54) is 6.92 Å². The third-order valence-corrected chi connectivity index (χ3v) is 2.86. The van der Waals surface area contributed by atoms with Crippen molar-refractivity contribution in [2.75, 3.05) is 0 Å². The quantitative estimate of drug-likeness (QED) is 0.819. The highest BCUT2D eigenvalue weighted by Gasteiger charge is 2.14. The predicted molar refractivity (Wildman–Crippen MR) is 59.6 cm³/mol. The number of aromatic nitrogens is 2. The summed E-state index contributed by atoms with van der Waals surface area (Å²) in [6, 6.07) is 1.04. The molecule has 16 heavy (non-hydrogen) atoms. The van der Waals surface area contributed by atoms with E-state index in [1.54, 1.807) is 0 Å². The van der Waals surface area contributed by atoms with Gasteiger partial charge in [0.05, 0.1) is 0 Å². The summed E-state index contributed by atoms with van der Waals surface area (Å²) in [4.78, 5) is 17.3. The van der Waals surface area contributed by atoms with Gasteiger partial charge in [0.1, 0.15) is 22.5 Å². The number of aryl methyl sites for hydroxylation is 1. The van der Waals surface area contributed by atoms with E-state index in [-0.39, 0.29) is 27.6 Å². The van der Waals surface area contributed by atoms with Crippen LogP contribution in [0, 0.1) is 18.6 Å². The van der Waals surface area contributed by atoms with E-state index in [0.29, 0.717) is 0 Å². The number of nitrogens with one attached hydrogen (secondary N) is 1. The minimum Gasteiger partial charge on any atom is -0.317 e. The number of benzene rings is 1. The van der Waals surface area contributed by atoms with E-state index in [1.807, 2.05) is 0 Å². The second kappa shape index (κ2) is 3.93. The summed E-state index contributed by atoms with van der Waals surface area (Å²) < 4.78 is 27.3. The second-order valence-electron chi connectivity index (χ2n) is 3.34. The molecule has 3 nitrogen and oxygen atoms in total. The largest absolute Gasteiger partial charge is 0.317 e. The molecule has 2 rings (SSSR count). The average molecular weight is 289 g/mol. The van der Waals surface area contributed by atoms with Crippen LogP contribution in [0.1, 0.15) is 11.3 Å². The van der Waals surface area contributed by atoms with Gasteiger partial charge < -0.3 is 4.98 Å². The summed E-state index contributed by atoms with van der Waals surface area (Å²) in [5.41, 5.74) is -0.580. The van der Waals surface area contributed by atoms with Crippen molar-refractivity contribution in [3.63, 3.8) is 0 Å². The highest BCUT2D eigenvalue weighted by Crippen LogP contribution is 2.22. The molecule has 0 aliphatic heterocycles. The van der Waals surface area contributed by atoms with Crippen molar-refractivity contribution in [1.82, 2.24) is 9.97 Å². The van der Waals surface area contributed by atoms with Gasteiger partial charge in [0, 0.05) is 10.9 Å². The zero-order valence-electron chi connectivity index (χ0n) is 8.27. The van der Waals surface area contributed by atoms with Gasteiger partial charge in [-0.2, -0.15) is 0 Å². The highest BCUT2D eigenvalue weighted by atomic mass is 79.9. The Morgan fingerprint density at radius 3 is 2.81 bits per heavy atom. The molecule has 0 spiro atoms. The lowest BCUT2D eigenvalue weighted by Gasteiger charge is -2.05. The molecule has 0 atom stereocenters. The number of halogens is 3. The molecule has 1 heterocycles. The SMILES string of the molecule is Cc1nc2c(F)c(CBr)cc(F)c2[nH]c1=O. The fraction of sp³-hybridized carbons (Fsp3) is 0.200. The average Bonchev–Trinajstić information content (AvgIpc) is 2.26. The van der Waals surface area contributed by atoms with Gasteiger partial charge in [0.15, 0.2) is 5.82 Å². The normalized spacial score (nSPS) is 11.0. The molecule has 0 amide bonds. The number of hydrogen-bond acceptors (Lipinski definition) is 2. The zero-order chi connectivity index (χ0) is 11.9. The first kappa shape index (κ1) is 11.2. The van der Waals surface area contributed by atoms with Crippen LogP contribution >= 0.6 is 15.9 Å². The van der Waals surface area contributed by atoms with Crippen LogP contribution in [0.4, 0.5) is 8.78 Å².